The highest BCUT2D eigenvalue weighted by Gasteiger charge is 2.30. The minimum Gasteiger partial charge on any atom is -0.322 e. The molecule has 0 unspecified atom stereocenters. The van der Waals surface area contributed by atoms with Gasteiger partial charge in [0.1, 0.15) is 5.82 Å². The van der Waals surface area contributed by atoms with E-state index in [1.807, 2.05) is 0 Å². The third-order valence-corrected chi connectivity index (χ3v) is 5.14. The van der Waals surface area contributed by atoms with Gasteiger partial charge in [0.05, 0.1) is 11.0 Å². The molecule has 0 radical (unpaired) electrons. The standard InChI is InChI=1S/C16H22BrClN2/c1-4-16(5-2,6-3)20-14-8-7-12(17)11-13(14)19-15(20)9-10-18/h7-8,11H,4-6,9-10H2,1-3H3. The molecule has 1 heterocycles. The molecule has 0 aliphatic rings. The molecular formula is C16H22BrClN2. The number of rotatable bonds is 6. The van der Waals surface area contributed by atoms with Crippen molar-refractivity contribution in [3.63, 3.8) is 0 Å². The van der Waals surface area contributed by atoms with Crippen LogP contribution in [-0.4, -0.2) is 15.4 Å². The van der Waals surface area contributed by atoms with Crippen LogP contribution >= 0.6 is 27.5 Å². The Morgan fingerprint density at radius 3 is 2.40 bits per heavy atom. The lowest BCUT2D eigenvalue weighted by Gasteiger charge is -2.34. The van der Waals surface area contributed by atoms with Crippen LogP contribution in [0.2, 0.25) is 0 Å². The molecule has 0 atom stereocenters. The number of aryl methyl sites for hydroxylation is 1. The summed E-state index contributed by atoms with van der Waals surface area (Å²) in [5.41, 5.74) is 2.42. The molecule has 1 aromatic carbocycles. The first kappa shape index (κ1) is 15.8. The van der Waals surface area contributed by atoms with E-state index >= 15 is 0 Å². The molecule has 0 bridgehead atoms. The topological polar surface area (TPSA) is 17.8 Å². The summed E-state index contributed by atoms with van der Waals surface area (Å²) in [7, 11) is 0. The van der Waals surface area contributed by atoms with E-state index in [9.17, 15) is 0 Å². The molecule has 2 aromatic rings. The van der Waals surface area contributed by atoms with Gasteiger partial charge in [0.2, 0.25) is 0 Å². The van der Waals surface area contributed by atoms with Crippen molar-refractivity contribution in [2.75, 3.05) is 5.88 Å². The second-order valence-electron chi connectivity index (χ2n) is 5.22. The minimum atomic E-state index is 0.143. The number of alkyl halides is 1. The molecule has 20 heavy (non-hydrogen) atoms. The second kappa shape index (κ2) is 6.48. The minimum absolute atomic E-state index is 0.143. The van der Waals surface area contributed by atoms with Crippen molar-refractivity contribution in [2.24, 2.45) is 0 Å². The van der Waals surface area contributed by atoms with Gasteiger partial charge < -0.3 is 4.57 Å². The molecule has 4 heteroatoms. The lowest BCUT2D eigenvalue weighted by atomic mass is 9.89. The average molecular weight is 358 g/mol. The number of imidazole rings is 1. The predicted octanol–water partition coefficient (Wildman–Crippen LogP) is 5.51. The smallest absolute Gasteiger partial charge is 0.111 e. The van der Waals surface area contributed by atoms with Crippen molar-refractivity contribution >= 4 is 38.6 Å². The summed E-state index contributed by atoms with van der Waals surface area (Å²) in [5.74, 6) is 1.72. The van der Waals surface area contributed by atoms with Gasteiger partial charge in [-0.25, -0.2) is 4.98 Å². The zero-order valence-corrected chi connectivity index (χ0v) is 14.8. The van der Waals surface area contributed by atoms with Crippen LogP contribution in [0.15, 0.2) is 22.7 Å². The Morgan fingerprint density at radius 1 is 1.20 bits per heavy atom. The van der Waals surface area contributed by atoms with Crippen LogP contribution in [0.5, 0.6) is 0 Å². The molecule has 0 amide bonds. The van der Waals surface area contributed by atoms with Crippen molar-refractivity contribution in [1.82, 2.24) is 9.55 Å². The molecule has 0 aliphatic heterocycles. The van der Waals surface area contributed by atoms with Crippen molar-refractivity contribution < 1.29 is 0 Å². The van der Waals surface area contributed by atoms with Crippen LogP contribution in [0.1, 0.15) is 45.9 Å². The van der Waals surface area contributed by atoms with E-state index in [1.54, 1.807) is 0 Å². The number of hydrogen-bond donors (Lipinski definition) is 0. The van der Waals surface area contributed by atoms with E-state index in [1.165, 1.54) is 5.52 Å². The largest absolute Gasteiger partial charge is 0.322 e. The summed E-state index contributed by atoms with van der Waals surface area (Å²) < 4.78 is 3.51. The number of nitrogens with zero attached hydrogens (tertiary/aromatic N) is 2. The van der Waals surface area contributed by atoms with Crippen molar-refractivity contribution in [3.8, 4) is 0 Å². The maximum Gasteiger partial charge on any atom is 0.111 e. The molecule has 2 nitrogen and oxygen atoms in total. The third-order valence-electron chi connectivity index (χ3n) is 4.45. The van der Waals surface area contributed by atoms with Crippen molar-refractivity contribution in [2.45, 2.75) is 52.0 Å². The zero-order valence-electron chi connectivity index (χ0n) is 12.4. The SMILES string of the molecule is CCC(CC)(CC)n1c(CCCl)nc2cc(Br)ccc21. The van der Waals surface area contributed by atoms with Crippen LogP contribution in [0.4, 0.5) is 0 Å². The second-order valence-corrected chi connectivity index (χ2v) is 6.51. The summed E-state index contributed by atoms with van der Waals surface area (Å²) in [6.45, 7) is 6.80. The van der Waals surface area contributed by atoms with Gasteiger partial charge in [0.15, 0.2) is 0 Å². The van der Waals surface area contributed by atoms with E-state index in [0.29, 0.717) is 5.88 Å². The van der Waals surface area contributed by atoms with Gasteiger partial charge in [0.25, 0.3) is 0 Å². The van der Waals surface area contributed by atoms with Gasteiger partial charge >= 0.3 is 0 Å². The Kier molecular flexibility index (Phi) is 5.14. The highest BCUT2D eigenvalue weighted by atomic mass is 79.9. The first-order chi connectivity index (χ1) is 9.61. The first-order valence-electron chi connectivity index (χ1n) is 7.35. The molecule has 2 rings (SSSR count). The lowest BCUT2D eigenvalue weighted by molar-refractivity contribution is 0.251. The predicted molar refractivity (Wildman–Crippen MR) is 90.7 cm³/mol. The van der Waals surface area contributed by atoms with Crippen LogP contribution in [0, 0.1) is 0 Å². The van der Waals surface area contributed by atoms with Gasteiger partial charge in [-0.15, -0.1) is 11.6 Å². The Labute approximate surface area is 134 Å². The summed E-state index contributed by atoms with van der Waals surface area (Å²) in [4.78, 5) is 4.82. The van der Waals surface area contributed by atoms with Gasteiger partial charge in [-0.2, -0.15) is 0 Å². The first-order valence-corrected chi connectivity index (χ1v) is 8.68. The quantitative estimate of drug-likeness (QED) is 0.624. The van der Waals surface area contributed by atoms with Crippen LogP contribution in [0.25, 0.3) is 11.0 Å². The Morgan fingerprint density at radius 2 is 1.85 bits per heavy atom. The van der Waals surface area contributed by atoms with Gasteiger partial charge in [-0.3, -0.25) is 0 Å². The molecular weight excluding hydrogens is 336 g/mol. The number of benzene rings is 1. The van der Waals surface area contributed by atoms with E-state index in [-0.39, 0.29) is 5.54 Å². The summed E-state index contributed by atoms with van der Waals surface area (Å²) in [5, 5.41) is 0. The molecule has 0 fully saturated rings. The molecule has 0 aliphatic carbocycles. The third kappa shape index (κ3) is 2.62. The number of aromatic nitrogens is 2. The van der Waals surface area contributed by atoms with Crippen molar-refractivity contribution in [3.05, 3.63) is 28.5 Å². The van der Waals surface area contributed by atoms with Gasteiger partial charge in [-0.05, 0) is 37.5 Å². The Bertz CT molecular complexity index is 579. The molecule has 0 spiro atoms. The highest BCUT2D eigenvalue weighted by molar-refractivity contribution is 9.10. The molecule has 0 N–H and O–H groups in total. The Hall–Kier alpha value is -0.540. The number of halogens is 2. The summed E-state index contributed by atoms with van der Waals surface area (Å²) in [6.07, 6.45) is 4.14. The van der Waals surface area contributed by atoms with E-state index in [0.717, 1.165) is 41.5 Å². The monoisotopic (exact) mass is 356 g/mol. The molecule has 0 saturated carbocycles. The average Bonchev–Trinajstić information content (AvgIpc) is 2.80. The van der Waals surface area contributed by atoms with Gasteiger partial charge in [0, 0.05) is 22.3 Å². The fourth-order valence-corrected chi connectivity index (χ4v) is 3.63. The molecule has 110 valence electrons. The maximum absolute atomic E-state index is 5.98. The number of fused-ring (bicyclic) bond motifs is 1. The fourth-order valence-electron chi connectivity index (χ4n) is 3.11. The normalized spacial score (nSPS) is 12.2. The summed E-state index contributed by atoms with van der Waals surface area (Å²) in [6, 6.07) is 6.35. The maximum atomic E-state index is 5.98. The Balaban J connectivity index is 2.73. The summed E-state index contributed by atoms with van der Waals surface area (Å²) >= 11 is 9.52. The van der Waals surface area contributed by atoms with E-state index in [4.69, 9.17) is 16.6 Å². The highest BCUT2D eigenvalue weighted by Crippen LogP contribution is 2.35. The van der Waals surface area contributed by atoms with Crippen LogP contribution < -0.4 is 0 Å². The van der Waals surface area contributed by atoms with Gasteiger partial charge in [-0.1, -0.05) is 36.7 Å². The molecule has 0 saturated heterocycles. The lowest BCUT2D eigenvalue weighted by Crippen LogP contribution is -2.33. The molecule has 1 aromatic heterocycles. The van der Waals surface area contributed by atoms with Crippen LogP contribution in [0.3, 0.4) is 0 Å². The zero-order chi connectivity index (χ0) is 14.8. The fraction of sp³-hybridized carbons (Fsp3) is 0.562. The van der Waals surface area contributed by atoms with E-state index in [2.05, 4.69) is 59.5 Å². The van der Waals surface area contributed by atoms with Crippen LogP contribution in [-0.2, 0) is 12.0 Å². The number of hydrogen-bond acceptors (Lipinski definition) is 1. The van der Waals surface area contributed by atoms with E-state index < -0.39 is 0 Å². The van der Waals surface area contributed by atoms with Crippen molar-refractivity contribution in [1.29, 1.82) is 0 Å².